The first kappa shape index (κ1) is 9.40. The van der Waals surface area contributed by atoms with Gasteiger partial charge < -0.3 is 4.74 Å². The highest BCUT2D eigenvalue weighted by molar-refractivity contribution is 6.13. The van der Waals surface area contributed by atoms with E-state index in [1.807, 2.05) is 25.1 Å². The van der Waals surface area contributed by atoms with Crippen LogP contribution >= 0.6 is 0 Å². The number of hydrogen-bond donors (Lipinski definition) is 0. The van der Waals surface area contributed by atoms with E-state index < -0.39 is 0 Å². The molecule has 0 aliphatic carbocycles. The molecule has 0 saturated carbocycles. The van der Waals surface area contributed by atoms with Crippen molar-refractivity contribution in [2.75, 3.05) is 6.61 Å². The fraction of sp³-hybridized carbons (Fsp3) is 0.214. The van der Waals surface area contributed by atoms with Crippen molar-refractivity contribution in [3.05, 3.63) is 41.0 Å². The molecule has 1 aliphatic rings. The average molecular weight is 212 g/mol. The van der Waals surface area contributed by atoms with Gasteiger partial charge in [0.25, 0.3) is 0 Å². The van der Waals surface area contributed by atoms with Gasteiger partial charge in [-0.1, -0.05) is 24.3 Å². The lowest BCUT2D eigenvalue weighted by Crippen LogP contribution is -2.18. The number of carbonyl (C=O) groups excluding carboxylic acids is 1. The van der Waals surface area contributed by atoms with Gasteiger partial charge in [0.1, 0.15) is 5.75 Å². The maximum atomic E-state index is 11.8. The van der Waals surface area contributed by atoms with Crippen LogP contribution in [0, 0.1) is 13.8 Å². The number of ether oxygens (including phenoxy) is 1. The van der Waals surface area contributed by atoms with Gasteiger partial charge in [-0.15, -0.1) is 0 Å². The van der Waals surface area contributed by atoms with Crippen molar-refractivity contribution >= 4 is 16.6 Å². The molecule has 1 heterocycles. The number of rotatable bonds is 0. The van der Waals surface area contributed by atoms with Gasteiger partial charge in [-0.2, -0.15) is 0 Å². The second-order valence-electron chi connectivity index (χ2n) is 4.28. The third kappa shape index (κ3) is 1.10. The van der Waals surface area contributed by atoms with E-state index in [9.17, 15) is 4.79 Å². The van der Waals surface area contributed by atoms with E-state index in [4.69, 9.17) is 4.74 Å². The molecule has 1 aliphatic heterocycles. The molecule has 2 heteroatoms. The molecule has 0 saturated heterocycles. The smallest absolute Gasteiger partial charge is 0.200 e. The van der Waals surface area contributed by atoms with Gasteiger partial charge in [0.15, 0.2) is 6.61 Å². The first-order valence-electron chi connectivity index (χ1n) is 5.37. The van der Waals surface area contributed by atoms with E-state index in [1.165, 1.54) is 5.56 Å². The van der Waals surface area contributed by atoms with Gasteiger partial charge in [-0.25, -0.2) is 0 Å². The normalized spacial score (nSPS) is 14.0. The van der Waals surface area contributed by atoms with Crippen LogP contribution in [-0.4, -0.2) is 12.4 Å². The number of ketones is 1. The summed E-state index contributed by atoms with van der Waals surface area (Å²) in [5.41, 5.74) is 3.07. The molecule has 80 valence electrons. The van der Waals surface area contributed by atoms with Gasteiger partial charge in [-0.05, 0) is 30.4 Å². The molecule has 0 radical (unpaired) electrons. The number of hydrogen-bond acceptors (Lipinski definition) is 2. The first-order chi connectivity index (χ1) is 7.68. The van der Waals surface area contributed by atoms with Crippen molar-refractivity contribution in [1.82, 2.24) is 0 Å². The fourth-order valence-corrected chi connectivity index (χ4v) is 2.30. The summed E-state index contributed by atoms with van der Waals surface area (Å²) >= 11 is 0. The first-order valence-corrected chi connectivity index (χ1v) is 5.37. The second-order valence-corrected chi connectivity index (χ2v) is 4.28. The van der Waals surface area contributed by atoms with Gasteiger partial charge in [0.2, 0.25) is 5.78 Å². The molecule has 0 unspecified atom stereocenters. The number of carbonyl (C=O) groups is 1. The third-order valence-corrected chi connectivity index (χ3v) is 3.20. The standard InChI is InChI=1S/C14H12O2/c1-8-3-6-11-12(15)7-16-14-9(2)4-5-10(8)13(11)14/h3-6H,7H2,1-2H3. The highest BCUT2D eigenvalue weighted by Crippen LogP contribution is 2.36. The molecular weight excluding hydrogens is 200 g/mol. The van der Waals surface area contributed by atoms with Crippen molar-refractivity contribution < 1.29 is 9.53 Å². The van der Waals surface area contributed by atoms with Crippen molar-refractivity contribution in [2.45, 2.75) is 13.8 Å². The Morgan fingerprint density at radius 1 is 1.06 bits per heavy atom. The summed E-state index contributed by atoms with van der Waals surface area (Å²) in [5, 5.41) is 2.10. The Kier molecular flexibility index (Phi) is 1.81. The Hall–Kier alpha value is -1.83. The van der Waals surface area contributed by atoms with Crippen LogP contribution in [0.1, 0.15) is 21.5 Å². The lowest BCUT2D eigenvalue weighted by Gasteiger charge is -2.20. The van der Waals surface area contributed by atoms with Gasteiger partial charge in [0.05, 0.1) is 0 Å². The highest BCUT2D eigenvalue weighted by atomic mass is 16.5. The predicted molar refractivity (Wildman–Crippen MR) is 63.2 cm³/mol. The second kappa shape index (κ2) is 3.08. The summed E-state index contributed by atoms with van der Waals surface area (Å²) < 4.78 is 5.54. The monoisotopic (exact) mass is 212 g/mol. The molecule has 2 nitrogen and oxygen atoms in total. The quantitative estimate of drug-likeness (QED) is 0.671. The minimum Gasteiger partial charge on any atom is -0.484 e. The zero-order valence-electron chi connectivity index (χ0n) is 9.33. The van der Waals surface area contributed by atoms with Crippen molar-refractivity contribution in [1.29, 1.82) is 0 Å². The molecule has 0 N–H and O–H groups in total. The molecule has 3 rings (SSSR count). The molecule has 0 amide bonds. The van der Waals surface area contributed by atoms with E-state index in [1.54, 1.807) is 0 Å². The lowest BCUT2D eigenvalue weighted by molar-refractivity contribution is 0.0915. The van der Waals surface area contributed by atoms with Gasteiger partial charge >= 0.3 is 0 Å². The van der Waals surface area contributed by atoms with E-state index >= 15 is 0 Å². The molecule has 0 atom stereocenters. The van der Waals surface area contributed by atoms with Crippen LogP contribution in [0.2, 0.25) is 0 Å². The topological polar surface area (TPSA) is 26.3 Å². The highest BCUT2D eigenvalue weighted by Gasteiger charge is 2.22. The van der Waals surface area contributed by atoms with Crippen LogP contribution in [-0.2, 0) is 0 Å². The lowest BCUT2D eigenvalue weighted by atomic mass is 9.94. The molecule has 2 aromatic carbocycles. The maximum absolute atomic E-state index is 11.8. The Morgan fingerprint density at radius 2 is 1.81 bits per heavy atom. The molecular formula is C14H12O2. The zero-order valence-corrected chi connectivity index (χ0v) is 9.33. The Bertz CT molecular complexity index is 612. The minimum atomic E-state index is 0.0723. The van der Waals surface area contributed by atoms with E-state index in [-0.39, 0.29) is 12.4 Å². The van der Waals surface area contributed by atoms with E-state index in [0.717, 1.165) is 27.6 Å². The summed E-state index contributed by atoms with van der Waals surface area (Å²) in [6, 6.07) is 8.02. The Balaban J connectivity index is 2.55. The molecule has 2 aromatic rings. The van der Waals surface area contributed by atoms with Crippen LogP contribution in [0.3, 0.4) is 0 Å². The van der Waals surface area contributed by atoms with Crippen molar-refractivity contribution in [3.8, 4) is 5.75 Å². The van der Waals surface area contributed by atoms with Crippen LogP contribution in [0.5, 0.6) is 5.75 Å². The number of benzene rings is 2. The summed E-state index contributed by atoms with van der Waals surface area (Å²) in [7, 11) is 0. The molecule has 0 fully saturated rings. The molecule has 0 spiro atoms. The fourth-order valence-electron chi connectivity index (χ4n) is 2.30. The number of aryl methyl sites for hydroxylation is 2. The largest absolute Gasteiger partial charge is 0.484 e. The third-order valence-electron chi connectivity index (χ3n) is 3.20. The van der Waals surface area contributed by atoms with Gasteiger partial charge in [0, 0.05) is 10.9 Å². The van der Waals surface area contributed by atoms with E-state index in [0.29, 0.717) is 0 Å². The average Bonchev–Trinajstić information content (AvgIpc) is 2.27. The number of Topliss-reactive ketones (excluding diaryl/α,β-unsaturated/α-hetero) is 1. The molecule has 0 bridgehead atoms. The maximum Gasteiger partial charge on any atom is 0.200 e. The van der Waals surface area contributed by atoms with Crippen LogP contribution in [0.15, 0.2) is 24.3 Å². The van der Waals surface area contributed by atoms with Crippen molar-refractivity contribution in [3.63, 3.8) is 0 Å². The summed E-state index contributed by atoms with van der Waals surface area (Å²) in [6.45, 7) is 4.23. The zero-order chi connectivity index (χ0) is 11.3. The molecule has 0 aromatic heterocycles. The van der Waals surface area contributed by atoms with Crippen molar-refractivity contribution in [2.24, 2.45) is 0 Å². The summed E-state index contributed by atoms with van der Waals surface area (Å²) in [4.78, 5) is 11.8. The van der Waals surface area contributed by atoms with Crippen LogP contribution in [0.25, 0.3) is 10.8 Å². The van der Waals surface area contributed by atoms with E-state index in [2.05, 4.69) is 13.0 Å². The van der Waals surface area contributed by atoms with Crippen LogP contribution < -0.4 is 4.74 Å². The Labute approximate surface area is 93.8 Å². The van der Waals surface area contributed by atoms with Crippen LogP contribution in [0.4, 0.5) is 0 Å². The summed E-state index contributed by atoms with van der Waals surface area (Å²) in [5.74, 6) is 0.943. The molecule has 16 heavy (non-hydrogen) atoms. The van der Waals surface area contributed by atoms with Gasteiger partial charge in [-0.3, -0.25) is 4.79 Å². The Morgan fingerprint density at radius 3 is 2.62 bits per heavy atom. The minimum absolute atomic E-state index is 0.0723. The SMILES string of the molecule is Cc1ccc2c(C)ccc3c2c1OCC3=O. The summed E-state index contributed by atoms with van der Waals surface area (Å²) in [6.07, 6.45) is 0. The predicted octanol–water partition coefficient (Wildman–Crippen LogP) is 3.03.